The van der Waals surface area contributed by atoms with E-state index in [1.54, 1.807) is 30.7 Å². The summed E-state index contributed by atoms with van der Waals surface area (Å²) in [6, 6.07) is 16.8. The second-order valence-electron chi connectivity index (χ2n) is 4.74. The van der Waals surface area contributed by atoms with Crippen molar-refractivity contribution in [1.82, 2.24) is 15.4 Å². The average Bonchev–Trinajstić information content (AvgIpc) is 2.64. The van der Waals surface area contributed by atoms with Gasteiger partial charge < -0.3 is 0 Å². The summed E-state index contributed by atoms with van der Waals surface area (Å²) in [6.07, 6.45) is 6.50. The number of hydrogen-bond donors (Lipinski definition) is 1. The normalized spacial score (nSPS) is 11.0. The minimum absolute atomic E-state index is 0.305. The third-order valence-electron chi connectivity index (χ3n) is 3.19. The zero-order valence-corrected chi connectivity index (χ0v) is 12.3. The Morgan fingerprint density at radius 1 is 0.783 bits per heavy atom. The minimum atomic E-state index is -0.305. The van der Waals surface area contributed by atoms with E-state index in [1.165, 1.54) is 6.20 Å². The number of hydrazone groups is 1. The number of aromatic nitrogens is 2. The first-order valence-corrected chi connectivity index (χ1v) is 7.08. The standard InChI is InChI=1S/C18H14N4O/c23-18(16-7-4-10-20-13-16)22-21-17(14-5-2-1-3-6-14)15-8-11-19-12-9-15/h1-13H,(H,22,23)/b21-17-. The summed E-state index contributed by atoms with van der Waals surface area (Å²) in [6.45, 7) is 0. The molecule has 1 aromatic carbocycles. The summed E-state index contributed by atoms with van der Waals surface area (Å²) in [7, 11) is 0. The molecule has 0 fully saturated rings. The highest BCUT2D eigenvalue weighted by Gasteiger charge is 2.09. The number of benzene rings is 1. The predicted molar refractivity (Wildman–Crippen MR) is 88.0 cm³/mol. The SMILES string of the molecule is O=C(N/N=C(/c1ccccc1)c1ccncc1)c1cccnc1. The van der Waals surface area contributed by atoms with E-state index in [0.717, 1.165) is 11.1 Å². The molecule has 5 heteroatoms. The first-order valence-electron chi connectivity index (χ1n) is 7.08. The van der Waals surface area contributed by atoms with E-state index in [4.69, 9.17) is 0 Å². The fraction of sp³-hybridized carbons (Fsp3) is 0. The van der Waals surface area contributed by atoms with Gasteiger partial charge in [-0.3, -0.25) is 14.8 Å². The van der Waals surface area contributed by atoms with Crippen LogP contribution in [0.1, 0.15) is 21.5 Å². The van der Waals surface area contributed by atoms with Gasteiger partial charge >= 0.3 is 0 Å². The Hall–Kier alpha value is -3.34. The number of hydrogen-bond acceptors (Lipinski definition) is 4. The molecule has 23 heavy (non-hydrogen) atoms. The number of rotatable bonds is 4. The molecule has 0 saturated heterocycles. The second kappa shape index (κ2) is 7.09. The van der Waals surface area contributed by atoms with Gasteiger partial charge in [0.25, 0.3) is 5.91 Å². The Balaban J connectivity index is 1.91. The number of amides is 1. The fourth-order valence-electron chi connectivity index (χ4n) is 2.07. The summed E-state index contributed by atoms with van der Waals surface area (Å²) in [5, 5.41) is 4.30. The van der Waals surface area contributed by atoms with Crippen molar-refractivity contribution in [3.05, 3.63) is 96.1 Å². The van der Waals surface area contributed by atoms with E-state index in [-0.39, 0.29) is 5.91 Å². The molecule has 0 atom stereocenters. The molecule has 5 nitrogen and oxygen atoms in total. The molecule has 0 unspecified atom stereocenters. The Bertz CT molecular complexity index is 761. The van der Waals surface area contributed by atoms with Crippen LogP contribution in [-0.4, -0.2) is 21.6 Å². The lowest BCUT2D eigenvalue weighted by atomic mass is 10.0. The van der Waals surface area contributed by atoms with Gasteiger partial charge in [-0.15, -0.1) is 0 Å². The number of carbonyl (C=O) groups excluding carboxylic acids is 1. The number of nitrogens with zero attached hydrogens (tertiary/aromatic N) is 3. The molecule has 0 bridgehead atoms. The molecular weight excluding hydrogens is 288 g/mol. The van der Waals surface area contributed by atoms with Crippen LogP contribution in [-0.2, 0) is 0 Å². The van der Waals surface area contributed by atoms with Crippen LogP contribution >= 0.6 is 0 Å². The summed E-state index contributed by atoms with van der Waals surface area (Å²) >= 11 is 0. The maximum Gasteiger partial charge on any atom is 0.272 e. The Morgan fingerprint density at radius 2 is 1.48 bits per heavy atom. The van der Waals surface area contributed by atoms with E-state index in [1.807, 2.05) is 42.5 Å². The molecule has 3 aromatic rings. The summed E-state index contributed by atoms with van der Waals surface area (Å²) in [5.41, 5.74) is 5.49. The molecular formula is C18H14N4O. The van der Waals surface area contributed by atoms with E-state index >= 15 is 0 Å². The second-order valence-corrected chi connectivity index (χ2v) is 4.74. The average molecular weight is 302 g/mol. The van der Waals surface area contributed by atoms with E-state index in [0.29, 0.717) is 11.3 Å². The smallest absolute Gasteiger partial charge is 0.267 e. The monoisotopic (exact) mass is 302 g/mol. The van der Waals surface area contributed by atoms with Crippen molar-refractivity contribution in [3.63, 3.8) is 0 Å². The van der Waals surface area contributed by atoms with Crippen molar-refractivity contribution in [1.29, 1.82) is 0 Å². The van der Waals surface area contributed by atoms with Crippen molar-refractivity contribution in [2.75, 3.05) is 0 Å². The number of nitrogens with one attached hydrogen (secondary N) is 1. The van der Waals surface area contributed by atoms with Gasteiger partial charge in [0.1, 0.15) is 0 Å². The van der Waals surface area contributed by atoms with Crippen LogP contribution in [0.5, 0.6) is 0 Å². The van der Waals surface area contributed by atoms with Gasteiger partial charge in [-0.05, 0) is 24.3 Å². The lowest BCUT2D eigenvalue weighted by molar-refractivity contribution is 0.0954. The fourth-order valence-corrected chi connectivity index (χ4v) is 2.07. The largest absolute Gasteiger partial charge is 0.272 e. The van der Waals surface area contributed by atoms with Crippen LogP contribution in [0.25, 0.3) is 0 Å². The van der Waals surface area contributed by atoms with Crippen molar-refractivity contribution in [2.24, 2.45) is 5.10 Å². The minimum Gasteiger partial charge on any atom is -0.267 e. The van der Waals surface area contributed by atoms with Crippen LogP contribution in [0.2, 0.25) is 0 Å². The zero-order valence-electron chi connectivity index (χ0n) is 12.3. The van der Waals surface area contributed by atoms with Gasteiger partial charge in [0.05, 0.1) is 11.3 Å². The molecule has 1 N–H and O–H groups in total. The van der Waals surface area contributed by atoms with Gasteiger partial charge in [-0.25, -0.2) is 5.43 Å². The maximum atomic E-state index is 12.1. The van der Waals surface area contributed by atoms with Gasteiger partial charge in [-0.1, -0.05) is 30.3 Å². The Kier molecular flexibility index (Phi) is 4.49. The molecule has 0 saturated carbocycles. The molecule has 0 aliphatic heterocycles. The van der Waals surface area contributed by atoms with E-state index in [2.05, 4.69) is 20.5 Å². The highest BCUT2D eigenvalue weighted by atomic mass is 16.2. The quantitative estimate of drug-likeness (QED) is 0.595. The first-order chi connectivity index (χ1) is 11.3. The van der Waals surface area contributed by atoms with E-state index in [9.17, 15) is 4.79 Å². The summed E-state index contributed by atoms with van der Waals surface area (Å²) in [4.78, 5) is 20.1. The number of pyridine rings is 2. The van der Waals surface area contributed by atoms with E-state index < -0.39 is 0 Å². The van der Waals surface area contributed by atoms with Crippen LogP contribution in [0.3, 0.4) is 0 Å². The molecule has 0 radical (unpaired) electrons. The number of carbonyl (C=O) groups is 1. The first kappa shape index (κ1) is 14.6. The van der Waals surface area contributed by atoms with Gasteiger partial charge in [0.15, 0.2) is 0 Å². The zero-order chi connectivity index (χ0) is 15.9. The molecule has 0 aliphatic rings. The van der Waals surface area contributed by atoms with Crippen molar-refractivity contribution >= 4 is 11.6 Å². The Labute approximate surface area is 133 Å². The molecule has 0 aliphatic carbocycles. The van der Waals surface area contributed by atoms with Crippen molar-refractivity contribution < 1.29 is 4.79 Å². The Morgan fingerprint density at radius 3 is 2.17 bits per heavy atom. The molecule has 1 amide bonds. The predicted octanol–water partition coefficient (Wildman–Crippen LogP) is 2.66. The summed E-state index contributed by atoms with van der Waals surface area (Å²) in [5.74, 6) is -0.305. The van der Waals surface area contributed by atoms with Gasteiger partial charge in [0.2, 0.25) is 0 Å². The third-order valence-corrected chi connectivity index (χ3v) is 3.19. The molecule has 2 heterocycles. The van der Waals surface area contributed by atoms with Crippen molar-refractivity contribution in [3.8, 4) is 0 Å². The van der Waals surface area contributed by atoms with Crippen LogP contribution in [0.4, 0.5) is 0 Å². The lowest BCUT2D eigenvalue weighted by Crippen LogP contribution is -2.20. The van der Waals surface area contributed by atoms with Gasteiger partial charge in [0, 0.05) is 35.9 Å². The maximum absolute atomic E-state index is 12.1. The summed E-state index contributed by atoms with van der Waals surface area (Å²) < 4.78 is 0. The molecule has 112 valence electrons. The molecule has 2 aromatic heterocycles. The highest BCUT2D eigenvalue weighted by molar-refractivity contribution is 6.13. The third kappa shape index (κ3) is 3.65. The van der Waals surface area contributed by atoms with Crippen LogP contribution in [0.15, 0.2) is 84.5 Å². The lowest BCUT2D eigenvalue weighted by Gasteiger charge is -2.07. The topological polar surface area (TPSA) is 67.2 Å². The molecule has 3 rings (SSSR count). The van der Waals surface area contributed by atoms with Crippen molar-refractivity contribution in [2.45, 2.75) is 0 Å². The highest BCUT2D eigenvalue weighted by Crippen LogP contribution is 2.09. The van der Waals surface area contributed by atoms with Crippen LogP contribution < -0.4 is 5.43 Å². The molecule has 0 spiro atoms. The van der Waals surface area contributed by atoms with Crippen LogP contribution in [0, 0.1) is 0 Å². The van der Waals surface area contributed by atoms with Gasteiger partial charge in [-0.2, -0.15) is 5.10 Å².